The molecule has 0 bridgehead atoms. The molecule has 0 saturated heterocycles. The molecule has 0 fully saturated rings. The number of nitrogens with one attached hydrogen (secondary N) is 2. The van der Waals surface area contributed by atoms with E-state index >= 15 is 0 Å². The molecule has 4 heteroatoms. The van der Waals surface area contributed by atoms with Crippen LogP contribution in [0.5, 0.6) is 0 Å². The lowest BCUT2D eigenvalue weighted by Gasteiger charge is -2.24. The van der Waals surface area contributed by atoms with Crippen molar-refractivity contribution in [2.45, 2.75) is 26.0 Å². The van der Waals surface area contributed by atoms with Gasteiger partial charge in [-0.3, -0.25) is 4.79 Å². The standard InChI is InChI=1S/C18H22N2O2/c1-14(21)20-17-10-8-15(9-11-17)12-19-13-18(2,22)16-6-4-3-5-7-16/h3-11,19,22H,12-13H2,1-2H3,(H,20,21). The fraction of sp³-hybridized carbons (Fsp3) is 0.278. The van der Waals surface area contributed by atoms with Crippen molar-refractivity contribution in [3.63, 3.8) is 0 Å². The van der Waals surface area contributed by atoms with Crippen LogP contribution in [0, 0.1) is 0 Å². The molecule has 0 radical (unpaired) electrons. The van der Waals surface area contributed by atoms with E-state index in [2.05, 4.69) is 10.6 Å². The number of anilines is 1. The minimum Gasteiger partial charge on any atom is -0.384 e. The van der Waals surface area contributed by atoms with Crippen LogP contribution in [0.4, 0.5) is 5.69 Å². The van der Waals surface area contributed by atoms with Gasteiger partial charge >= 0.3 is 0 Å². The molecule has 0 spiro atoms. The zero-order valence-electron chi connectivity index (χ0n) is 13.0. The Morgan fingerprint density at radius 2 is 1.73 bits per heavy atom. The Morgan fingerprint density at radius 1 is 1.09 bits per heavy atom. The van der Waals surface area contributed by atoms with E-state index in [0.717, 1.165) is 16.8 Å². The average Bonchev–Trinajstić information content (AvgIpc) is 2.49. The summed E-state index contributed by atoms with van der Waals surface area (Å²) in [6, 6.07) is 17.3. The van der Waals surface area contributed by atoms with E-state index in [1.54, 1.807) is 6.92 Å². The van der Waals surface area contributed by atoms with E-state index in [9.17, 15) is 9.90 Å². The van der Waals surface area contributed by atoms with E-state index in [-0.39, 0.29) is 5.91 Å². The molecule has 2 aromatic rings. The van der Waals surface area contributed by atoms with Gasteiger partial charge in [0.05, 0.1) is 5.60 Å². The Kier molecular flexibility index (Phi) is 5.31. The smallest absolute Gasteiger partial charge is 0.221 e. The van der Waals surface area contributed by atoms with Crippen LogP contribution in [0.2, 0.25) is 0 Å². The third-order valence-electron chi connectivity index (χ3n) is 3.47. The van der Waals surface area contributed by atoms with Gasteiger partial charge in [0.15, 0.2) is 0 Å². The highest BCUT2D eigenvalue weighted by molar-refractivity contribution is 5.88. The lowest BCUT2D eigenvalue weighted by Crippen LogP contribution is -2.35. The van der Waals surface area contributed by atoms with E-state index in [0.29, 0.717) is 13.1 Å². The number of hydrogen-bond donors (Lipinski definition) is 3. The van der Waals surface area contributed by atoms with Crippen molar-refractivity contribution in [3.05, 3.63) is 65.7 Å². The van der Waals surface area contributed by atoms with Gasteiger partial charge in [0.2, 0.25) is 5.91 Å². The summed E-state index contributed by atoms with van der Waals surface area (Å²) in [6.07, 6.45) is 0. The quantitative estimate of drug-likeness (QED) is 0.768. The van der Waals surface area contributed by atoms with Gasteiger partial charge in [0.1, 0.15) is 0 Å². The molecule has 0 heterocycles. The monoisotopic (exact) mass is 298 g/mol. The highest BCUT2D eigenvalue weighted by Gasteiger charge is 2.21. The zero-order chi connectivity index (χ0) is 16.0. The SMILES string of the molecule is CC(=O)Nc1ccc(CNCC(C)(O)c2ccccc2)cc1. The zero-order valence-corrected chi connectivity index (χ0v) is 13.0. The molecule has 0 aliphatic heterocycles. The lowest BCUT2D eigenvalue weighted by atomic mass is 9.96. The van der Waals surface area contributed by atoms with Crippen molar-refractivity contribution in [1.82, 2.24) is 5.32 Å². The van der Waals surface area contributed by atoms with Crippen molar-refractivity contribution < 1.29 is 9.90 Å². The third kappa shape index (κ3) is 4.69. The van der Waals surface area contributed by atoms with Crippen LogP contribution in [0.3, 0.4) is 0 Å². The van der Waals surface area contributed by atoms with E-state index in [4.69, 9.17) is 0 Å². The summed E-state index contributed by atoms with van der Waals surface area (Å²) < 4.78 is 0. The van der Waals surface area contributed by atoms with Crippen molar-refractivity contribution in [1.29, 1.82) is 0 Å². The molecule has 3 N–H and O–H groups in total. The number of carbonyl (C=O) groups is 1. The number of rotatable bonds is 6. The van der Waals surface area contributed by atoms with Crippen LogP contribution >= 0.6 is 0 Å². The van der Waals surface area contributed by atoms with Crippen LogP contribution in [0.15, 0.2) is 54.6 Å². The van der Waals surface area contributed by atoms with Gasteiger partial charge in [-0.05, 0) is 30.2 Å². The normalized spacial score (nSPS) is 13.4. The molecule has 0 saturated carbocycles. The first-order chi connectivity index (χ1) is 10.5. The van der Waals surface area contributed by atoms with Crippen LogP contribution in [-0.2, 0) is 16.9 Å². The Bertz CT molecular complexity index is 607. The van der Waals surface area contributed by atoms with Gasteiger partial charge in [-0.1, -0.05) is 42.5 Å². The third-order valence-corrected chi connectivity index (χ3v) is 3.47. The summed E-state index contributed by atoms with van der Waals surface area (Å²) in [5.74, 6) is -0.0789. The first-order valence-corrected chi connectivity index (χ1v) is 7.32. The van der Waals surface area contributed by atoms with Gasteiger partial charge in [0, 0.05) is 25.7 Å². The summed E-state index contributed by atoms with van der Waals surface area (Å²) in [4.78, 5) is 11.0. The van der Waals surface area contributed by atoms with Crippen LogP contribution < -0.4 is 10.6 Å². The largest absolute Gasteiger partial charge is 0.384 e. The number of aliphatic hydroxyl groups is 1. The fourth-order valence-electron chi connectivity index (χ4n) is 2.26. The van der Waals surface area contributed by atoms with Crippen molar-refractivity contribution >= 4 is 11.6 Å². The second kappa shape index (κ2) is 7.20. The minimum atomic E-state index is -0.905. The Balaban J connectivity index is 1.87. The van der Waals surface area contributed by atoms with E-state index in [1.165, 1.54) is 6.92 Å². The van der Waals surface area contributed by atoms with Gasteiger partial charge in [-0.25, -0.2) is 0 Å². The number of benzene rings is 2. The molecule has 2 rings (SSSR count). The topological polar surface area (TPSA) is 61.4 Å². The maximum atomic E-state index is 11.0. The number of carbonyl (C=O) groups excluding carboxylic acids is 1. The highest BCUT2D eigenvalue weighted by Crippen LogP contribution is 2.19. The molecule has 22 heavy (non-hydrogen) atoms. The first kappa shape index (κ1) is 16.2. The number of amides is 1. The molecule has 2 aromatic carbocycles. The van der Waals surface area contributed by atoms with Crippen LogP contribution in [0.1, 0.15) is 25.0 Å². The van der Waals surface area contributed by atoms with Gasteiger partial charge in [-0.2, -0.15) is 0 Å². The average molecular weight is 298 g/mol. The molecular formula is C18H22N2O2. The maximum Gasteiger partial charge on any atom is 0.221 e. The summed E-state index contributed by atoms with van der Waals surface area (Å²) in [5.41, 5.74) is 1.87. The molecule has 1 amide bonds. The van der Waals surface area contributed by atoms with Crippen molar-refractivity contribution in [3.8, 4) is 0 Å². The van der Waals surface area contributed by atoms with Gasteiger partial charge in [-0.15, -0.1) is 0 Å². The summed E-state index contributed by atoms with van der Waals surface area (Å²) in [7, 11) is 0. The fourth-order valence-corrected chi connectivity index (χ4v) is 2.26. The molecule has 0 aliphatic carbocycles. The van der Waals surface area contributed by atoms with E-state index < -0.39 is 5.60 Å². The van der Waals surface area contributed by atoms with Crippen LogP contribution in [-0.4, -0.2) is 17.6 Å². The van der Waals surface area contributed by atoms with Crippen molar-refractivity contribution in [2.24, 2.45) is 0 Å². The second-order valence-electron chi connectivity index (χ2n) is 5.62. The molecular weight excluding hydrogens is 276 g/mol. The summed E-state index contributed by atoms with van der Waals surface area (Å²) >= 11 is 0. The predicted octanol–water partition coefficient (Wildman–Crippen LogP) is 2.64. The Hall–Kier alpha value is -2.17. The molecule has 116 valence electrons. The molecule has 1 atom stereocenters. The molecule has 0 aromatic heterocycles. The van der Waals surface area contributed by atoms with E-state index in [1.807, 2.05) is 54.6 Å². The molecule has 4 nitrogen and oxygen atoms in total. The van der Waals surface area contributed by atoms with Gasteiger partial charge < -0.3 is 15.7 Å². The number of hydrogen-bond acceptors (Lipinski definition) is 3. The summed E-state index contributed by atoms with van der Waals surface area (Å²) in [6.45, 7) is 4.41. The van der Waals surface area contributed by atoms with Crippen LogP contribution in [0.25, 0.3) is 0 Å². The lowest BCUT2D eigenvalue weighted by molar-refractivity contribution is -0.114. The highest BCUT2D eigenvalue weighted by atomic mass is 16.3. The maximum absolute atomic E-state index is 11.0. The Morgan fingerprint density at radius 3 is 2.32 bits per heavy atom. The van der Waals surface area contributed by atoms with Gasteiger partial charge in [0.25, 0.3) is 0 Å². The minimum absolute atomic E-state index is 0.0789. The Labute approximate surface area is 131 Å². The predicted molar refractivity (Wildman–Crippen MR) is 88.5 cm³/mol. The molecule has 1 unspecified atom stereocenters. The first-order valence-electron chi connectivity index (χ1n) is 7.32. The summed E-state index contributed by atoms with van der Waals surface area (Å²) in [5, 5.41) is 16.5. The second-order valence-corrected chi connectivity index (χ2v) is 5.62. The van der Waals surface area contributed by atoms with Crippen molar-refractivity contribution in [2.75, 3.05) is 11.9 Å². The molecule has 0 aliphatic rings.